The van der Waals surface area contributed by atoms with Crippen molar-refractivity contribution in [2.45, 2.75) is 32.4 Å². The molecule has 84 valence electrons. The highest BCUT2D eigenvalue weighted by atomic mass is 32.2. The van der Waals surface area contributed by atoms with E-state index in [9.17, 15) is 4.79 Å². The Morgan fingerprint density at radius 2 is 2.14 bits per heavy atom. The summed E-state index contributed by atoms with van der Waals surface area (Å²) in [6.07, 6.45) is 0.779. The van der Waals surface area contributed by atoms with Gasteiger partial charge in [0.05, 0.1) is 6.61 Å². The van der Waals surface area contributed by atoms with Gasteiger partial charge in [-0.25, -0.2) is 0 Å². The lowest BCUT2D eigenvalue weighted by Gasteiger charge is -2.14. The van der Waals surface area contributed by atoms with Crippen LogP contribution >= 0.6 is 11.8 Å². The molecule has 0 aromatic heterocycles. The summed E-state index contributed by atoms with van der Waals surface area (Å²) < 4.78 is 4.94. The Morgan fingerprint density at radius 1 is 1.50 bits per heavy atom. The van der Waals surface area contributed by atoms with E-state index < -0.39 is 0 Å². The van der Waals surface area contributed by atoms with E-state index in [1.54, 1.807) is 11.8 Å². The van der Waals surface area contributed by atoms with Gasteiger partial charge in [0.25, 0.3) is 0 Å². The molecular formula is C10H20O3S. The van der Waals surface area contributed by atoms with E-state index in [1.165, 1.54) is 0 Å². The van der Waals surface area contributed by atoms with E-state index in [1.807, 2.05) is 20.8 Å². The van der Waals surface area contributed by atoms with Crippen LogP contribution in [0.4, 0.5) is 0 Å². The third kappa shape index (κ3) is 5.50. The second-order valence-electron chi connectivity index (χ2n) is 3.27. The lowest BCUT2D eigenvalue weighted by atomic mass is 10.2. The molecule has 0 heterocycles. The molecule has 0 aliphatic carbocycles. The van der Waals surface area contributed by atoms with Gasteiger partial charge in [0, 0.05) is 6.61 Å². The maximum Gasteiger partial charge on any atom is 0.319 e. The average molecular weight is 220 g/mol. The third-order valence-electron chi connectivity index (χ3n) is 1.81. The van der Waals surface area contributed by atoms with Crippen LogP contribution in [0.15, 0.2) is 0 Å². The van der Waals surface area contributed by atoms with E-state index >= 15 is 0 Å². The molecule has 0 spiro atoms. The Balaban J connectivity index is 3.84. The summed E-state index contributed by atoms with van der Waals surface area (Å²) in [4.78, 5) is 11.4. The van der Waals surface area contributed by atoms with Gasteiger partial charge in [-0.3, -0.25) is 4.79 Å². The fraction of sp³-hybridized carbons (Fsp3) is 0.900. The summed E-state index contributed by atoms with van der Waals surface area (Å²) in [6, 6.07) is 0. The predicted octanol–water partition coefficient (Wildman–Crippen LogP) is 1.69. The molecule has 3 nitrogen and oxygen atoms in total. The van der Waals surface area contributed by atoms with Crippen molar-refractivity contribution in [1.82, 2.24) is 0 Å². The Morgan fingerprint density at radius 3 is 2.57 bits per heavy atom. The van der Waals surface area contributed by atoms with Gasteiger partial charge in [-0.2, -0.15) is 0 Å². The largest absolute Gasteiger partial charge is 0.465 e. The van der Waals surface area contributed by atoms with Crippen molar-refractivity contribution < 1.29 is 14.6 Å². The second-order valence-corrected chi connectivity index (χ2v) is 4.51. The van der Waals surface area contributed by atoms with Gasteiger partial charge >= 0.3 is 5.97 Å². The standard InChI is InChI=1S/C10H20O3S/c1-4-9(10(12)13-5-2)14-7-8(3)6-11/h8-9,11H,4-7H2,1-3H3. The maximum atomic E-state index is 11.4. The molecule has 0 saturated heterocycles. The summed E-state index contributed by atoms with van der Waals surface area (Å²) in [6.45, 7) is 6.35. The highest BCUT2D eigenvalue weighted by Gasteiger charge is 2.18. The number of hydrogen-bond acceptors (Lipinski definition) is 4. The Bertz CT molecular complexity index is 161. The summed E-state index contributed by atoms with van der Waals surface area (Å²) in [7, 11) is 0. The third-order valence-corrected chi connectivity index (χ3v) is 3.50. The van der Waals surface area contributed by atoms with Crippen molar-refractivity contribution in [1.29, 1.82) is 0 Å². The first-order chi connectivity index (χ1) is 6.65. The van der Waals surface area contributed by atoms with Crippen LogP contribution < -0.4 is 0 Å². The van der Waals surface area contributed by atoms with E-state index in [0.717, 1.165) is 12.2 Å². The van der Waals surface area contributed by atoms with Crippen molar-refractivity contribution in [2.24, 2.45) is 5.92 Å². The molecule has 0 aromatic rings. The van der Waals surface area contributed by atoms with Crippen molar-refractivity contribution in [3.8, 4) is 0 Å². The Labute approximate surface area is 90.2 Å². The summed E-state index contributed by atoms with van der Waals surface area (Å²) in [5.41, 5.74) is 0. The van der Waals surface area contributed by atoms with E-state index in [0.29, 0.717) is 6.61 Å². The number of hydrogen-bond donors (Lipinski definition) is 1. The first kappa shape index (κ1) is 13.8. The van der Waals surface area contributed by atoms with Gasteiger partial charge in [-0.1, -0.05) is 13.8 Å². The number of carbonyl (C=O) groups excluding carboxylic acids is 1. The fourth-order valence-corrected chi connectivity index (χ4v) is 2.03. The van der Waals surface area contributed by atoms with Crippen LogP contribution in [-0.4, -0.2) is 35.3 Å². The molecule has 0 bridgehead atoms. The van der Waals surface area contributed by atoms with Gasteiger partial charge < -0.3 is 9.84 Å². The zero-order chi connectivity index (χ0) is 11.0. The van der Waals surface area contributed by atoms with Crippen molar-refractivity contribution in [3.05, 3.63) is 0 Å². The molecule has 14 heavy (non-hydrogen) atoms. The van der Waals surface area contributed by atoms with Crippen LogP contribution in [0.3, 0.4) is 0 Å². The smallest absolute Gasteiger partial charge is 0.319 e. The minimum atomic E-state index is -0.134. The summed E-state index contributed by atoms with van der Waals surface area (Å²) >= 11 is 1.57. The molecule has 0 fully saturated rings. The molecule has 2 atom stereocenters. The number of aliphatic hydroxyl groups is 1. The van der Waals surface area contributed by atoms with E-state index in [-0.39, 0.29) is 23.7 Å². The van der Waals surface area contributed by atoms with Crippen LogP contribution in [0.2, 0.25) is 0 Å². The highest BCUT2D eigenvalue weighted by molar-refractivity contribution is 8.00. The fourth-order valence-electron chi connectivity index (χ4n) is 0.921. The quantitative estimate of drug-likeness (QED) is 0.663. The summed E-state index contributed by atoms with van der Waals surface area (Å²) in [5.74, 6) is 0.905. The van der Waals surface area contributed by atoms with Crippen molar-refractivity contribution in [3.63, 3.8) is 0 Å². The normalized spacial score (nSPS) is 14.9. The van der Waals surface area contributed by atoms with Crippen LogP contribution in [0.5, 0.6) is 0 Å². The number of rotatable bonds is 7. The minimum absolute atomic E-state index is 0.0797. The zero-order valence-corrected chi connectivity index (χ0v) is 9.97. The van der Waals surface area contributed by atoms with Crippen LogP contribution in [0.25, 0.3) is 0 Å². The van der Waals surface area contributed by atoms with Crippen LogP contribution in [0, 0.1) is 5.92 Å². The summed E-state index contributed by atoms with van der Waals surface area (Å²) in [5, 5.41) is 8.75. The molecule has 1 N–H and O–H groups in total. The monoisotopic (exact) mass is 220 g/mol. The first-order valence-electron chi connectivity index (χ1n) is 5.04. The molecule has 0 rings (SSSR count). The first-order valence-corrected chi connectivity index (χ1v) is 6.09. The van der Waals surface area contributed by atoms with Gasteiger partial charge in [-0.05, 0) is 25.0 Å². The number of thioether (sulfide) groups is 1. The minimum Gasteiger partial charge on any atom is -0.465 e. The van der Waals surface area contributed by atoms with E-state index in [4.69, 9.17) is 9.84 Å². The van der Waals surface area contributed by atoms with Gasteiger partial charge in [-0.15, -0.1) is 11.8 Å². The topological polar surface area (TPSA) is 46.5 Å². The number of esters is 1. The molecule has 0 aliphatic heterocycles. The molecule has 0 radical (unpaired) electrons. The molecular weight excluding hydrogens is 200 g/mol. The van der Waals surface area contributed by atoms with E-state index in [2.05, 4.69) is 0 Å². The van der Waals surface area contributed by atoms with Crippen LogP contribution in [-0.2, 0) is 9.53 Å². The second kappa shape index (κ2) is 8.12. The van der Waals surface area contributed by atoms with Gasteiger partial charge in [0.1, 0.15) is 5.25 Å². The molecule has 0 aliphatic rings. The average Bonchev–Trinajstić information content (AvgIpc) is 2.18. The lowest BCUT2D eigenvalue weighted by Crippen LogP contribution is -2.21. The van der Waals surface area contributed by atoms with Crippen LogP contribution in [0.1, 0.15) is 27.2 Å². The highest BCUT2D eigenvalue weighted by Crippen LogP contribution is 2.19. The predicted molar refractivity (Wildman–Crippen MR) is 59.4 cm³/mol. The Kier molecular flexibility index (Phi) is 7.99. The SMILES string of the molecule is CCOC(=O)C(CC)SCC(C)CO. The maximum absolute atomic E-state index is 11.4. The van der Waals surface area contributed by atoms with Gasteiger partial charge in [0.2, 0.25) is 0 Å². The molecule has 2 unspecified atom stereocenters. The Hall–Kier alpha value is -0.220. The van der Waals surface area contributed by atoms with Gasteiger partial charge in [0.15, 0.2) is 0 Å². The molecule has 0 amide bonds. The zero-order valence-electron chi connectivity index (χ0n) is 9.16. The van der Waals surface area contributed by atoms with Crippen molar-refractivity contribution in [2.75, 3.05) is 19.0 Å². The number of carbonyl (C=O) groups is 1. The van der Waals surface area contributed by atoms with Crippen molar-refractivity contribution >= 4 is 17.7 Å². The number of aliphatic hydroxyl groups excluding tert-OH is 1. The molecule has 4 heteroatoms. The lowest BCUT2D eigenvalue weighted by molar-refractivity contribution is -0.142. The molecule has 0 aromatic carbocycles. The number of ether oxygens (including phenoxy) is 1. The molecule has 0 saturated carbocycles.